The zero-order valence-electron chi connectivity index (χ0n) is 15.7. The van der Waals surface area contributed by atoms with Gasteiger partial charge in [-0.2, -0.15) is 0 Å². The zero-order chi connectivity index (χ0) is 20.5. The number of pyridine rings is 1. The van der Waals surface area contributed by atoms with Crippen molar-refractivity contribution < 1.29 is 9.53 Å². The fraction of sp³-hybridized carbons (Fsp3) is 0.200. The van der Waals surface area contributed by atoms with Crippen LogP contribution in [0.5, 0.6) is 5.75 Å². The molecule has 1 aromatic carbocycles. The lowest BCUT2D eigenvalue weighted by Gasteiger charge is -2.18. The first-order valence-electron chi connectivity index (χ1n) is 8.92. The molecule has 1 N–H and O–H groups in total. The van der Waals surface area contributed by atoms with Crippen LogP contribution in [0.2, 0.25) is 5.02 Å². The van der Waals surface area contributed by atoms with Crippen molar-refractivity contribution in [1.29, 1.82) is 0 Å². The molecule has 0 saturated heterocycles. The molecule has 0 fully saturated rings. The number of nitrogens with zero attached hydrogens (tertiary/aromatic N) is 3. The van der Waals surface area contributed by atoms with E-state index in [1.807, 2.05) is 19.1 Å². The number of benzene rings is 1. The van der Waals surface area contributed by atoms with Crippen LogP contribution in [0.1, 0.15) is 19.4 Å². The van der Waals surface area contributed by atoms with Gasteiger partial charge in [-0.25, -0.2) is 9.97 Å². The van der Waals surface area contributed by atoms with Gasteiger partial charge in [0.2, 0.25) is 5.91 Å². The molecule has 9 heteroatoms. The molecular weight excluding hydrogens is 412 g/mol. The molecule has 3 aromatic heterocycles. The number of ether oxygens (including phenoxy) is 1. The first-order chi connectivity index (χ1) is 14.0. The molecule has 1 amide bonds. The number of methoxy groups -OCH3 is 1. The van der Waals surface area contributed by atoms with E-state index in [9.17, 15) is 9.59 Å². The summed E-state index contributed by atoms with van der Waals surface area (Å²) in [5, 5.41) is 4.11. The van der Waals surface area contributed by atoms with Crippen molar-refractivity contribution in [2.24, 2.45) is 0 Å². The first-order valence-corrected chi connectivity index (χ1v) is 10.1. The molecule has 3 heterocycles. The van der Waals surface area contributed by atoms with E-state index in [0.717, 1.165) is 10.2 Å². The number of rotatable bonds is 5. The maximum atomic E-state index is 13.1. The fourth-order valence-electron chi connectivity index (χ4n) is 3.21. The number of carbonyl (C=O) groups is 1. The second kappa shape index (κ2) is 7.81. The minimum Gasteiger partial charge on any atom is -0.495 e. The van der Waals surface area contributed by atoms with Gasteiger partial charge in [0.15, 0.2) is 0 Å². The summed E-state index contributed by atoms with van der Waals surface area (Å²) in [4.78, 5) is 35.6. The topological polar surface area (TPSA) is 86.1 Å². The van der Waals surface area contributed by atoms with Crippen LogP contribution >= 0.6 is 22.9 Å². The SMILES string of the molecule is CC[C@@H](C(=O)Nc1cc(Cl)ccc1OC)n1cnc2c(sc3ncccc32)c1=O. The molecular formula is C20H17ClN4O3S. The van der Waals surface area contributed by atoms with Crippen LogP contribution in [0, 0.1) is 0 Å². The highest BCUT2D eigenvalue weighted by atomic mass is 35.5. The molecule has 7 nitrogen and oxygen atoms in total. The summed E-state index contributed by atoms with van der Waals surface area (Å²) in [6.45, 7) is 1.84. The van der Waals surface area contributed by atoms with Crippen LogP contribution in [0.15, 0.2) is 47.7 Å². The van der Waals surface area contributed by atoms with Crippen LogP contribution in [-0.2, 0) is 4.79 Å². The van der Waals surface area contributed by atoms with Gasteiger partial charge in [-0.3, -0.25) is 14.2 Å². The standard InChI is InChI=1S/C20H17ClN4O3S/c1-3-14(18(26)24-13-9-11(21)6-7-15(13)28-2)25-10-23-16-12-5-4-8-22-19(12)29-17(16)20(25)27/h4-10,14H,3H2,1-2H3,(H,24,26)/t14-/m0/s1. The lowest BCUT2D eigenvalue weighted by Crippen LogP contribution is -2.33. The number of nitrogens with one attached hydrogen (secondary N) is 1. The third kappa shape index (κ3) is 3.45. The largest absolute Gasteiger partial charge is 0.495 e. The maximum Gasteiger partial charge on any atom is 0.272 e. The number of thiophene rings is 1. The monoisotopic (exact) mass is 428 g/mol. The molecule has 1 atom stereocenters. The Labute approximate surface area is 174 Å². The molecule has 4 rings (SSSR count). The van der Waals surface area contributed by atoms with Crippen molar-refractivity contribution in [1.82, 2.24) is 14.5 Å². The summed E-state index contributed by atoms with van der Waals surface area (Å²) in [6, 6.07) is 7.90. The van der Waals surface area contributed by atoms with Crippen molar-refractivity contribution in [2.75, 3.05) is 12.4 Å². The van der Waals surface area contributed by atoms with Gasteiger partial charge in [-0.15, -0.1) is 11.3 Å². The number of aromatic nitrogens is 3. The van der Waals surface area contributed by atoms with Crippen LogP contribution in [0.3, 0.4) is 0 Å². The maximum absolute atomic E-state index is 13.1. The summed E-state index contributed by atoms with van der Waals surface area (Å²) < 4.78 is 7.12. The van der Waals surface area contributed by atoms with Gasteiger partial charge in [0.25, 0.3) is 5.56 Å². The Kier molecular flexibility index (Phi) is 5.21. The smallest absolute Gasteiger partial charge is 0.272 e. The highest BCUT2D eigenvalue weighted by Gasteiger charge is 2.23. The molecule has 148 valence electrons. The highest BCUT2D eigenvalue weighted by Crippen LogP contribution is 2.30. The van der Waals surface area contributed by atoms with Crippen LogP contribution in [0.4, 0.5) is 5.69 Å². The van der Waals surface area contributed by atoms with E-state index in [1.165, 1.54) is 29.3 Å². The second-order valence-corrected chi connectivity index (χ2v) is 7.79. The Balaban J connectivity index is 1.74. The van der Waals surface area contributed by atoms with Gasteiger partial charge < -0.3 is 10.1 Å². The average Bonchev–Trinajstić information content (AvgIpc) is 3.10. The highest BCUT2D eigenvalue weighted by molar-refractivity contribution is 7.25. The first kappa shape index (κ1) is 19.4. The van der Waals surface area contributed by atoms with E-state index in [-0.39, 0.29) is 11.5 Å². The molecule has 0 unspecified atom stereocenters. The van der Waals surface area contributed by atoms with E-state index >= 15 is 0 Å². The minimum absolute atomic E-state index is 0.266. The summed E-state index contributed by atoms with van der Waals surface area (Å²) in [6.07, 6.45) is 3.51. The Morgan fingerprint density at radius 2 is 2.17 bits per heavy atom. The van der Waals surface area contributed by atoms with Crippen molar-refractivity contribution in [2.45, 2.75) is 19.4 Å². The van der Waals surface area contributed by atoms with Gasteiger partial charge in [-0.05, 0) is 36.8 Å². The number of hydrogen-bond donors (Lipinski definition) is 1. The molecule has 0 bridgehead atoms. The number of carbonyl (C=O) groups excluding carboxylic acids is 1. The van der Waals surface area contributed by atoms with Crippen molar-refractivity contribution in [3.63, 3.8) is 0 Å². The van der Waals surface area contributed by atoms with Gasteiger partial charge in [-0.1, -0.05) is 18.5 Å². The van der Waals surface area contributed by atoms with Crippen molar-refractivity contribution in [3.05, 3.63) is 58.2 Å². The number of fused-ring (bicyclic) bond motifs is 3. The minimum atomic E-state index is -0.735. The molecule has 29 heavy (non-hydrogen) atoms. The number of halogens is 1. The summed E-state index contributed by atoms with van der Waals surface area (Å²) >= 11 is 7.32. The quantitative estimate of drug-likeness (QED) is 0.513. The predicted octanol–water partition coefficient (Wildman–Crippen LogP) is 4.26. The van der Waals surface area contributed by atoms with E-state index in [1.54, 1.807) is 24.4 Å². The Hall–Kier alpha value is -2.97. The predicted molar refractivity (Wildman–Crippen MR) is 115 cm³/mol. The lowest BCUT2D eigenvalue weighted by atomic mass is 10.2. The Morgan fingerprint density at radius 3 is 2.93 bits per heavy atom. The third-order valence-corrected chi connectivity index (χ3v) is 5.95. The van der Waals surface area contributed by atoms with E-state index < -0.39 is 6.04 Å². The fourth-order valence-corrected chi connectivity index (χ4v) is 4.41. The molecule has 0 aliphatic heterocycles. The van der Waals surface area contributed by atoms with Gasteiger partial charge in [0.05, 0.1) is 24.6 Å². The second-order valence-electron chi connectivity index (χ2n) is 6.35. The zero-order valence-corrected chi connectivity index (χ0v) is 17.3. The molecule has 0 spiro atoms. The van der Waals surface area contributed by atoms with Gasteiger partial charge >= 0.3 is 0 Å². The van der Waals surface area contributed by atoms with Gasteiger partial charge in [0, 0.05) is 16.6 Å². The summed E-state index contributed by atoms with van der Waals surface area (Å²) in [7, 11) is 1.51. The average molecular weight is 429 g/mol. The number of anilines is 1. The van der Waals surface area contributed by atoms with Crippen LogP contribution < -0.4 is 15.6 Å². The van der Waals surface area contributed by atoms with Crippen molar-refractivity contribution in [3.8, 4) is 5.75 Å². The lowest BCUT2D eigenvalue weighted by molar-refractivity contribution is -0.119. The van der Waals surface area contributed by atoms with E-state index in [2.05, 4.69) is 15.3 Å². The third-order valence-electron chi connectivity index (χ3n) is 4.62. The van der Waals surface area contributed by atoms with Crippen molar-refractivity contribution >= 4 is 55.0 Å². The molecule has 0 aliphatic rings. The molecule has 0 radical (unpaired) electrons. The Morgan fingerprint density at radius 1 is 1.34 bits per heavy atom. The number of hydrogen-bond acceptors (Lipinski definition) is 6. The summed E-state index contributed by atoms with van der Waals surface area (Å²) in [5.74, 6) is 0.129. The summed E-state index contributed by atoms with van der Waals surface area (Å²) in [5.41, 5.74) is 0.778. The number of amides is 1. The molecule has 4 aromatic rings. The normalized spacial score (nSPS) is 12.2. The molecule has 0 aliphatic carbocycles. The van der Waals surface area contributed by atoms with E-state index in [0.29, 0.717) is 33.1 Å². The van der Waals surface area contributed by atoms with Crippen LogP contribution in [-0.4, -0.2) is 27.6 Å². The van der Waals surface area contributed by atoms with Gasteiger partial charge in [0.1, 0.15) is 21.3 Å². The van der Waals surface area contributed by atoms with E-state index in [4.69, 9.17) is 16.3 Å². The van der Waals surface area contributed by atoms with Crippen LogP contribution in [0.25, 0.3) is 20.4 Å². The molecule has 0 saturated carbocycles. The Bertz CT molecular complexity index is 1280.